The molecule has 2 heterocycles. The van der Waals surface area contributed by atoms with Gasteiger partial charge >= 0.3 is 6.18 Å². The van der Waals surface area contributed by atoms with Gasteiger partial charge in [0, 0.05) is 22.2 Å². The molecule has 6 nitrogen and oxygen atoms in total. The Bertz CT molecular complexity index is 1490. The number of halogens is 3. The Morgan fingerprint density at radius 2 is 1.71 bits per heavy atom. The van der Waals surface area contributed by atoms with Crippen LogP contribution < -0.4 is 16.6 Å². The van der Waals surface area contributed by atoms with Gasteiger partial charge in [-0.1, -0.05) is 6.07 Å². The Labute approximate surface area is 199 Å². The summed E-state index contributed by atoms with van der Waals surface area (Å²) in [4.78, 5) is 30.3. The second-order valence-corrected chi connectivity index (χ2v) is 8.35. The molecule has 4 rings (SSSR count). The zero-order valence-corrected chi connectivity index (χ0v) is 19.3. The molecule has 2 aromatic heterocycles. The van der Waals surface area contributed by atoms with Gasteiger partial charge in [-0.05, 0) is 80.9 Å². The predicted octanol–water partition coefficient (Wildman–Crippen LogP) is 5.09. The van der Waals surface area contributed by atoms with E-state index in [4.69, 9.17) is 5.73 Å². The van der Waals surface area contributed by atoms with E-state index in [0.717, 1.165) is 12.1 Å². The lowest BCUT2D eigenvalue weighted by atomic mass is 10.0. The van der Waals surface area contributed by atoms with Crippen molar-refractivity contribution in [1.82, 2.24) is 14.9 Å². The molecule has 0 bridgehead atoms. The highest BCUT2D eigenvalue weighted by molar-refractivity contribution is 5.99. The van der Waals surface area contributed by atoms with Gasteiger partial charge in [0.1, 0.15) is 5.82 Å². The minimum atomic E-state index is -4.48. The number of nitrogens with zero attached hydrogens (tertiary/aromatic N) is 2. The quantitative estimate of drug-likeness (QED) is 0.426. The smallest absolute Gasteiger partial charge is 0.384 e. The average molecular weight is 480 g/mol. The maximum Gasteiger partial charge on any atom is 0.416 e. The molecule has 2 aromatic carbocycles. The van der Waals surface area contributed by atoms with Gasteiger partial charge in [-0.25, -0.2) is 4.98 Å². The molecule has 0 saturated carbocycles. The number of nitrogen functional groups attached to an aromatic ring is 1. The van der Waals surface area contributed by atoms with Crippen LogP contribution in [0.1, 0.15) is 45.7 Å². The molecule has 1 amide bonds. The molecule has 0 fully saturated rings. The van der Waals surface area contributed by atoms with E-state index < -0.39 is 17.8 Å². The zero-order chi connectivity index (χ0) is 25.5. The summed E-state index contributed by atoms with van der Waals surface area (Å²) >= 11 is 0. The standard InChI is InChI=1S/C26H23F3N4O2/c1-14-15(2)25(35)33(19-10-8-18(9-11-19)26(27,28)29)22-12-7-17(13-20(14)22)24(34)31-16(3)21-5-4-6-23(30)32-21/h4-13,16H,1-3H3,(H2,30,32)(H,31,34)/t16-/m0/s1. The number of anilines is 1. The van der Waals surface area contributed by atoms with Crippen molar-refractivity contribution in [2.24, 2.45) is 0 Å². The number of hydrogen-bond donors (Lipinski definition) is 2. The number of rotatable bonds is 4. The monoisotopic (exact) mass is 480 g/mol. The lowest BCUT2D eigenvalue weighted by Gasteiger charge is -2.17. The molecule has 0 aliphatic heterocycles. The van der Waals surface area contributed by atoms with Gasteiger partial charge in [-0.15, -0.1) is 0 Å². The second-order valence-electron chi connectivity index (χ2n) is 8.35. The molecule has 1 atom stereocenters. The summed E-state index contributed by atoms with van der Waals surface area (Å²) in [6.07, 6.45) is -4.48. The molecule has 35 heavy (non-hydrogen) atoms. The summed E-state index contributed by atoms with van der Waals surface area (Å²) in [5, 5.41) is 3.53. The fourth-order valence-corrected chi connectivity index (χ4v) is 3.93. The lowest BCUT2D eigenvalue weighted by molar-refractivity contribution is -0.137. The molecule has 4 aromatic rings. The molecule has 3 N–H and O–H groups in total. The van der Waals surface area contributed by atoms with E-state index >= 15 is 0 Å². The molecule has 0 radical (unpaired) electrons. The highest BCUT2D eigenvalue weighted by Gasteiger charge is 2.30. The third kappa shape index (κ3) is 4.62. The molecule has 0 aliphatic carbocycles. The van der Waals surface area contributed by atoms with Gasteiger partial charge in [-0.3, -0.25) is 14.2 Å². The first-order chi connectivity index (χ1) is 16.5. The van der Waals surface area contributed by atoms with E-state index in [0.29, 0.717) is 44.8 Å². The number of amides is 1. The van der Waals surface area contributed by atoms with Crippen LogP contribution in [-0.4, -0.2) is 15.5 Å². The van der Waals surface area contributed by atoms with Gasteiger partial charge in [0.2, 0.25) is 0 Å². The van der Waals surface area contributed by atoms with Crippen molar-refractivity contribution in [2.75, 3.05) is 5.73 Å². The topological polar surface area (TPSA) is 90.0 Å². The summed E-state index contributed by atoms with van der Waals surface area (Å²) in [7, 11) is 0. The molecule has 0 saturated heterocycles. The third-order valence-electron chi connectivity index (χ3n) is 6.03. The molecule has 9 heteroatoms. The molecule has 0 spiro atoms. The normalized spacial score (nSPS) is 12.5. The van der Waals surface area contributed by atoms with Crippen LogP contribution in [0.5, 0.6) is 0 Å². The Kier molecular flexibility index (Phi) is 6.10. The second kappa shape index (κ2) is 8.90. The summed E-state index contributed by atoms with van der Waals surface area (Å²) < 4.78 is 40.3. The maximum absolute atomic E-state index is 13.1. The number of carbonyl (C=O) groups excluding carboxylic acids is 1. The zero-order valence-electron chi connectivity index (χ0n) is 19.3. The van der Waals surface area contributed by atoms with Crippen LogP contribution in [0.2, 0.25) is 0 Å². The molecular formula is C26H23F3N4O2. The van der Waals surface area contributed by atoms with Crippen LogP contribution in [0, 0.1) is 13.8 Å². The van der Waals surface area contributed by atoms with Crippen molar-refractivity contribution in [1.29, 1.82) is 0 Å². The first kappa shape index (κ1) is 24.0. The minimum absolute atomic E-state index is 0.301. The number of alkyl halides is 3. The summed E-state index contributed by atoms with van der Waals surface area (Å²) in [6.45, 7) is 5.22. The van der Waals surface area contributed by atoms with Crippen LogP contribution in [0.3, 0.4) is 0 Å². The SMILES string of the molecule is Cc1c(C)c2cc(C(=O)N[C@@H](C)c3cccc(N)n3)ccc2n(-c2ccc(C(F)(F)F)cc2)c1=O. The number of aryl methyl sites for hydroxylation is 1. The number of nitrogens with one attached hydrogen (secondary N) is 1. The lowest BCUT2D eigenvalue weighted by Crippen LogP contribution is -2.27. The third-order valence-corrected chi connectivity index (χ3v) is 6.03. The Morgan fingerprint density at radius 3 is 2.34 bits per heavy atom. The van der Waals surface area contributed by atoms with Crippen LogP contribution in [0.25, 0.3) is 16.6 Å². The van der Waals surface area contributed by atoms with Gasteiger partial charge in [0.15, 0.2) is 0 Å². The van der Waals surface area contributed by atoms with E-state index in [1.165, 1.54) is 16.7 Å². The number of nitrogens with two attached hydrogens (primary N) is 1. The Hall–Kier alpha value is -4.14. The highest BCUT2D eigenvalue weighted by atomic mass is 19.4. The first-order valence-corrected chi connectivity index (χ1v) is 10.8. The van der Waals surface area contributed by atoms with Gasteiger partial charge < -0.3 is 11.1 Å². The van der Waals surface area contributed by atoms with Crippen molar-refractivity contribution in [3.63, 3.8) is 0 Å². The number of carbonyl (C=O) groups is 1. The van der Waals surface area contributed by atoms with Gasteiger partial charge in [0.05, 0.1) is 22.8 Å². The van der Waals surface area contributed by atoms with Crippen molar-refractivity contribution in [3.05, 3.63) is 99.0 Å². The summed E-state index contributed by atoms with van der Waals surface area (Å²) in [5.41, 5.74) is 7.48. The van der Waals surface area contributed by atoms with Crippen LogP contribution in [0.4, 0.5) is 19.0 Å². The minimum Gasteiger partial charge on any atom is -0.384 e. The van der Waals surface area contributed by atoms with Gasteiger partial charge in [-0.2, -0.15) is 13.2 Å². The summed E-state index contributed by atoms with van der Waals surface area (Å²) in [6, 6.07) is 14.1. The number of hydrogen-bond acceptors (Lipinski definition) is 4. The van der Waals surface area contributed by atoms with E-state index in [9.17, 15) is 22.8 Å². The van der Waals surface area contributed by atoms with E-state index in [-0.39, 0.29) is 11.5 Å². The van der Waals surface area contributed by atoms with Crippen molar-refractivity contribution in [2.45, 2.75) is 33.0 Å². The molecular weight excluding hydrogens is 457 g/mol. The van der Waals surface area contributed by atoms with Gasteiger partial charge in [0.25, 0.3) is 11.5 Å². The van der Waals surface area contributed by atoms with E-state index in [1.807, 2.05) is 0 Å². The van der Waals surface area contributed by atoms with Crippen molar-refractivity contribution < 1.29 is 18.0 Å². The predicted molar refractivity (Wildman–Crippen MR) is 129 cm³/mol. The fraction of sp³-hybridized carbons (Fsp3) is 0.192. The van der Waals surface area contributed by atoms with E-state index in [2.05, 4.69) is 10.3 Å². The van der Waals surface area contributed by atoms with Crippen molar-refractivity contribution >= 4 is 22.6 Å². The number of benzene rings is 2. The highest BCUT2D eigenvalue weighted by Crippen LogP contribution is 2.30. The van der Waals surface area contributed by atoms with Crippen LogP contribution >= 0.6 is 0 Å². The molecule has 0 unspecified atom stereocenters. The molecule has 0 aliphatic rings. The largest absolute Gasteiger partial charge is 0.416 e. The van der Waals surface area contributed by atoms with Crippen LogP contribution in [0.15, 0.2) is 65.5 Å². The fourth-order valence-electron chi connectivity index (χ4n) is 3.93. The Morgan fingerprint density at radius 1 is 1.03 bits per heavy atom. The van der Waals surface area contributed by atoms with Crippen molar-refractivity contribution in [3.8, 4) is 5.69 Å². The number of pyridine rings is 2. The molecule has 180 valence electrons. The average Bonchev–Trinajstić information content (AvgIpc) is 2.82. The summed E-state index contributed by atoms with van der Waals surface area (Å²) in [5.74, 6) is 0.00889. The Balaban J connectivity index is 1.75. The number of aromatic nitrogens is 2. The van der Waals surface area contributed by atoms with E-state index in [1.54, 1.807) is 57.2 Å². The number of fused-ring (bicyclic) bond motifs is 1. The van der Waals surface area contributed by atoms with Crippen LogP contribution in [-0.2, 0) is 6.18 Å². The first-order valence-electron chi connectivity index (χ1n) is 10.8. The maximum atomic E-state index is 13.1.